The van der Waals surface area contributed by atoms with Gasteiger partial charge in [0.1, 0.15) is 23.4 Å². The van der Waals surface area contributed by atoms with Gasteiger partial charge in [-0.2, -0.15) is 0 Å². The summed E-state index contributed by atoms with van der Waals surface area (Å²) in [6.45, 7) is 4.38. The summed E-state index contributed by atoms with van der Waals surface area (Å²) in [7, 11) is 1.52. The zero-order chi connectivity index (χ0) is 17.7. The Morgan fingerprint density at radius 1 is 1.16 bits per heavy atom. The zero-order valence-corrected chi connectivity index (χ0v) is 14.4. The Labute approximate surface area is 146 Å². The van der Waals surface area contributed by atoms with Crippen LogP contribution < -0.4 is 14.2 Å². The highest BCUT2D eigenvalue weighted by Crippen LogP contribution is 2.54. The molecule has 0 bridgehead atoms. The molecule has 5 nitrogen and oxygen atoms in total. The number of hydrogen-bond acceptors (Lipinski definition) is 5. The average Bonchev–Trinajstić information content (AvgIpc) is 2.93. The summed E-state index contributed by atoms with van der Waals surface area (Å²) in [6, 6.07) is 6.90. The van der Waals surface area contributed by atoms with Crippen LogP contribution in [0.2, 0.25) is 0 Å². The van der Waals surface area contributed by atoms with Crippen LogP contribution in [0.25, 0.3) is 6.08 Å². The quantitative estimate of drug-likeness (QED) is 0.860. The van der Waals surface area contributed by atoms with Crippen molar-refractivity contribution >= 4 is 6.08 Å². The molecule has 25 heavy (non-hydrogen) atoms. The first kappa shape index (κ1) is 15.7. The topological polar surface area (TPSA) is 68.2 Å². The van der Waals surface area contributed by atoms with Gasteiger partial charge in [0.15, 0.2) is 11.5 Å². The molecule has 2 atom stereocenters. The lowest BCUT2D eigenvalue weighted by molar-refractivity contribution is 0.139. The van der Waals surface area contributed by atoms with Crippen molar-refractivity contribution in [3.05, 3.63) is 46.5 Å². The third-order valence-electron chi connectivity index (χ3n) is 4.68. The molecule has 0 saturated carbocycles. The van der Waals surface area contributed by atoms with Crippen molar-refractivity contribution in [3.8, 4) is 28.7 Å². The Morgan fingerprint density at radius 3 is 2.68 bits per heavy atom. The summed E-state index contributed by atoms with van der Waals surface area (Å²) in [5.74, 6) is 1.98. The van der Waals surface area contributed by atoms with Crippen LogP contribution in [-0.4, -0.2) is 23.9 Å². The predicted molar refractivity (Wildman–Crippen MR) is 93.7 cm³/mol. The van der Waals surface area contributed by atoms with Gasteiger partial charge in [0, 0.05) is 17.2 Å². The molecule has 5 heteroatoms. The summed E-state index contributed by atoms with van der Waals surface area (Å²) in [5, 5.41) is 20.2. The van der Waals surface area contributed by atoms with E-state index in [1.54, 1.807) is 18.2 Å². The van der Waals surface area contributed by atoms with Crippen molar-refractivity contribution in [2.75, 3.05) is 13.7 Å². The summed E-state index contributed by atoms with van der Waals surface area (Å²) < 4.78 is 17.4. The molecular formula is C20H20O5. The molecule has 2 N–H and O–H groups in total. The fourth-order valence-electron chi connectivity index (χ4n) is 3.55. The minimum absolute atomic E-state index is 0.0149. The second-order valence-electron chi connectivity index (χ2n) is 6.66. The van der Waals surface area contributed by atoms with Gasteiger partial charge in [-0.25, -0.2) is 0 Å². The van der Waals surface area contributed by atoms with Gasteiger partial charge < -0.3 is 24.4 Å². The number of ether oxygens (including phenoxy) is 3. The van der Waals surface area contributed by atoms with Crippen LogP contribution in [0, 0.1) is 0 Å². The summed E-state index contributed by atoms with van der Waals surface area (Å²) in [4.78, 5) is 0. The van der Waals surface area contributed by atoms with Crippen molar-refractivity contribution in [1.82, 2.24) is 0 Å². The van der Waals surface area contributed by atoms with E-state index in [1.807, 2.05) is 26.0 Å². The Bertz CT molecular complexity index is 880. The molecule has 2 aliphatic heterocycles. The van der Waals surface area contributed by atoms with E-state index < -0.39 is 0 Å². The number of benzene rings is 2. The Balaban J connectivity index is 1.81. The number of hydrogen-bond donors (Lipinski definition) is 2. The van der Waals surface area contributed by atoms with Gasteiger partial charge in [-0.05, 0) is 38.1 Å². The molecule has 2 aromatic rings. The highest BCUT2D eigenvalue weighted by molar-refractivity contribution is 5.69. The van der Waals surface area contributed by atoms with E-state index in [4.69, 9.17) is 14.2 Å². The second kappa shape index (κ2) is 5.62. The fraction of sp³-hybridized carbons (Fsp3) is 0.300. The van der Waals surface area contributed by atoms with Crippen LogP contribution in [0.1, 0.15) is 42.6 Å². The number of rotatable bonds is 2. The minimum atomic E-state index is -0.213. The van der Waals surface area contributed by atoms with E-state index in [0.29, 0.717) is 29.4 Å². The number of aromatic hydroxyl groups is 2. The lowest BCUT2D eigenvalue weighted by Gasteiger charge is -2.29. The molecule has 0 fully saturated rings. The summed E-state index contributed by atoms with van der Waals surface area (Å²) in [6.07, 6.45) is 1.70. The fourth-order valence-corrected chi connectivity index (χ4v) is 3.55. The van der Waals surface area contributed by atoms with E-state index in [2.05, 4.69) is 0 Å². The number of phenols is 2. The lowest BCUT2D eigenvalue weighted by atomic mass is 9.88. The van der Waals surface area contributed by atoms with Crippen LogP contribution in [0.5, 0.6) is 28.7 Å². The van der Waals surface area contributed by atoms with Crippen LogP contribution in [0.15, 0.2) is 29.8 Å². The van der Waals surface area contributed by atoms with Gasteiger partial charge in [-0.15, -0.1) is 0 Å². The molecule has 0 aliphatic carbocycles. The largest absolute Gasteiger partial charge is 0.507 e. The van der Waals surface area contributed by atoms with E-state index in [-0.39, 0.29) is 23.5 Å². The molecule has 4 rings (SSSR count). The number of methoxy groups -OCH3 is 1. The molecule has 2 aromatic carbocycles. The zero-order valence-electron chi connectivity index (χ0n) is 14.4. The van der Waals surface area contributed by atoms with E-state index in [9.17, 15) is 10.2 Å². The van der Waals surface area contributed by atoms with Crippen LogP contribution in [0.4, 0.5) is 0 Å². The van der Waals surface area contributed by atoms with Crippen molar-refractivity contribution in [2.45, 2.75) is 25.9 Å². The van der Waals surface area contributed by atoms with Gasteiger partial charge in [0.25, 0.3) is 0 Å². The molecule has 0 amide bonds. The van der Waals surface area contributed by atoms with Gasteiger partial charge in [-0.1, -0.05) is 5.57 Å². The molecule has 2 aliphatic rings. The molecule has 2 heterocycles. The molecule has 0 spiro atoms. The number of allylic oxidation sites excluding steroid dienone is 1. The average molecular weight is 340 g/mol. The highest BCUT2D eigenvalue weighted by Gasteiger charge is 2.42. The van der Waals surface area contributed by atoms with Crippen molar-refractivity contribution in [2.24, 2.45) is 0 Å². The maximum atomic E-state index is 10.2. The van der Waals surface area contributed by atoms with Crippen molar-refractivity contribution < 1.29 is 24.4 Å². The maximum Gasteiger partial charge on any atom is 0.161 e. The monoisotopic (exact) mass is 340 g/mol. The van der Waals surface area contributed by atoms with Gasteiger partial charge >= 0.3 is 0 Å². The number of fused-ring (bicyclic) bond motifs is 5. The lowest BCUT2D eigenvalue weighted by Crippen LogP contribution is -2.23. The van der Waals surface area contributed by atoms with Crippen LogP contribution in [-0.2, 0) is 0 Å². The van der Waals surface area contributed by atoms with Crippen molar-refractivity contribution in [1.29, 1.82) is 0 Å². The molecule has 0 radical (unpaired) electrons. The first-order valence-corrected chi connectivity index (χ1v) is 8.20. The Hall–Kier alpha value is -2.82. The maximum absolute atomic E-state index is 10.2. The smallest absolute Gasteiger partial charge is 0.161 e. The van der Waals surface area contributed by atoms with E-state index in [1.165, 1.54) is 7.11 Å². The highest BCUT2D eigenvalue weighted by atomic mass is 16.5. The molecule has 0 unspecified atom stereocenters. The molecule has 0 saturated heterocycles. The Kier molecular flexibility index (Phi) is 3.53. The SMILES string of the molecule is COc1cc2c(cc1O)O[C@H]1c3ccc(O)c(C=C(C)C)c3OC[C@@H]21. The number of phenolic OH excluding ortho intramolecular Hbond substituents is 2. The summed E-state index contributed by atoms with van der Waals surface area (Å²) in [5.41, 5.74) is 3.61. The van der Waals surface area contributed by atoms with Gasteiger partial charge in [0.2, 0.25) is 0 Å². The molecule has 0 aromatic heterocycles. The molecule has 130 valence electrons. The Morgan fingerprint density at radius 2 is 1.96 bits per heavy atom. The van der Waals surface area contributed by atoms with Gasteiger partial charge in [0.05, 0.1) is 25.2 Å². The van der Waals surface area contributed by atoms with Crippen LogP contribution in [0.3, 0.4) is 0 Å². The first-order valence-electron chi connectivity index (χ1n) is 8.20. The van der Waals surface area contributed by atoms with E-state index in [0.717, 1.165) is 16.7 Å². The van der Waals surface area contributed by atoms with Crippen LogP contribution >= 0.6 is 0 Å². The minimum Gasteiger partial charge on any atom is -0.507 e. The second-order valence-corrected chi connectivity index (χ2v) is 6.66. The van der Waals surface area contributed by atoms with E-state index >= 15 is 0 Å². The normalized spacial score (nSPS) is 19.8. The first-order chi connectivity index (χ1) is 12.0. The van der Waals surface area contributed by atoms with Crippen molar-refractivity contribution in [3.63, 3.8) is 0 Å². The predicted octanol–water partition coefficient (Wildman–Crippen LogP) is 4.14. The standard InChI is InChI=1S/C20H20O5/c1-10(2)6-13-15(21)5-4-11-19(13)24-9-14-12-7-18(23-3)16(22)8-17(12)25-20(11)14/h4-8,14,20-22H,9H2,1-3H3/t14-,20-/m0/s1. The third kappa shape index (κ3) is 2.38. The summed E-state index contributed by atoms with van der Waals surface area (Å²) >= 11 is 0. The van der Waals surface area contributed by atoms with Gasteiger partial charge in [-0.3, -0.25) is 0 Å². The molecular weight excluding hydrogens is 320 g/mol. The third-order valence-corrected chi connectivity index (χ3v) is 4.68.